The van der Waals surface area contributed by atoms with Crippen LogP contribution in [0, 0.1) is 11.5 Å². The SMILES string of the molecule is C=CN1CCc2c(cc(Cl)c(C(=O)NC(CN=C(NC#N)NCCO)C(=O)O)c2Cl)C1. The molecule has 1 aliphatic heterocycles. The third kappa shape index (κ3) is 6.24. The number of aliphatic hydroxyl groups is 1. The number of carbonyl (C=O) groups excluding carboxylic acids is 1. The van der Waals surface area contributed by atoms with Gasteiger partial charge in [0.05, 0.1) is 28.8 Å². The summed E-state index contributed by atoms with van der Waals surface area (Å²) in [5.74, 6) is -2.11. The van der Waals surface area contributed by atoms with Crippen molar-refractivity contribution < 1.29 is 19.8 Å². The van der Waals surface area contributed by atoms with Crippen molar-refractivity contribution >= 4 is 41.0 Å². The van der Waals surface area contributed by atoms with Gasteiger partial charge < -0.3 is 25.7 Å². The van der Waals surface area contributed by atoms with E-state index in [1.807, 2.05) is 4.90 Å². The molecule has 1 aromatic rings. The summed E-state index contributed by atoms with van der Waals surface area (Å²) < 4.78 is 0. The second kappa shape index (κ2) is 11.4. The third-order valence-electron chi connectivity index (χ3n) is 4.53. The number of aliphatic imine (C=N–C) groups is 1. The van der Waals surface area contributed by atoms with E-state index in [-0.39, 0.29) is 41.3 Å². The van der Waals surface area contributed by atoms with Crippen molar-refractivity contribution in [2.75, 3.05) is 26.2 Å². The Hall–Kier alpha value is -3.00. The van der Waals surface area contributed by atoms with Gasteiger partial charge in [0.1, 0.15) is 6.04 Å². The maximum absolute atomic E-state index is 12.8. The minimum Gasteiger partial charge on any atom is -0.480 e. The monoisotopic (exact) mass is 468 g/mol. The number of hydrogen-bond acceptors (Lipinski definition) is 6. The fourth-order valence-electron chi connectivity index (χ4n) is 3.00. The summed E-state index contributed by atoms with van der Waals surface area (Å²) in [5.41, 5.74) is 1.66. The first-order valence-electron chi connectivity index (χ1n) is 9.26. The number of nitrogens with zero attached hydrogens (tertiary/aromatic N) is 3. The van der Waals surface area contributed by atoms with Crippen LogP contribution in [0.1, 0.15) is 21.5 Å². The second-order valence-corrected chi connectivity index (χ2v) is 7.31. The number of aliphatic carboxylic acids is 1. The minimum absolute atomic E-state index is 0.00172. The predicted molar refractivity (Wildman–Crippen MR) is 116 cm³/mol. The number of aliphatic hydroxyl groups excluding tert-OH is 1. The molecule has 1 aliphatic rings. The van der Waals surface area contributed by atoms with Crippen LogP contribution in [-0.4, -0.2) is 65.2 Å². The highest BCUT2D eigenvalue weighted by atomic mass is 35.5. The van der Waals surface area contributed by atoms with Crippen LogP contribution >= 0.6 is 23.2 Å². The number of hydrogen-bond donors (Lipinski definition) is 5. The van der Waals surface area contributed by atoms with Crippen molar-refractivity contribution in [3.05, 3.63) is 45.6 Å². The van der Waals surface area contributed by atoms with E-state index in [1.54, 1.807) is 18.5 Å². The van der Waals surface area contributed by atoms with E-state index in [9.17, 15) is 14.7 Å². The van der Waals surface area contributed by atoms with E-state index in [4.69, 9.17) is 33.6 Å². The van der Waals surface area contributed by atoms with Gasteiger partial charge >= 0.3 is 5.97 Å². The van der Waals surface area contributed by atoms with E-state index < -0.39 is 17.9 Å². The van der Waals surface area contributed by atoms with Crippen LogP contribution in [0.4, 0.5) is 0 Å². The van der Waals surface area contributed by atoms with Gasteiger partial charge in [0, 0.05) is 19.6 Å². The fraction of sp³-hybridized carbons (Fsp3) is 0.368. The van der Waals surface area contributed by atoms with Crippen LogP contribution in [0.2, 0.25) is 10.0 Å². The van der Waals surface area contributed by atoms with Crippen LogP contribution in [0.15, 0.2) is 23.8 Å². The molecule has 2 rings (SSSR count). The zero-order valence-corrected chi connectivity index (χ0v) is 18.0. The number of fused-ring (bicyclic) bond motifs is 1. The van der Waals surface area contributed by atoms with Gasteiger partial charge in [0.2, 0.25) is 5.96 Å². The van der Waals surface area contributed by atoms with Gasteiger partial charge in [-0.15, -0.1) is 0 Å². The van der Waals surface area contributed by atoms with Crippen LogP contribution in [-0.2, 0) is 17.8 Å². The summed E-state index contributed by atoms with van der Waals surface area (Å²) in [6.07, 6.45) is 3.95. The standard InChI is InChI=1S/C19H22Cl2N6O4/c1-2-27-5-3-12-11(9-27)7-13(20)15(16(12)21)17(29)26-14(18(30)31)8-24-19(25-10-22)23-4-6-28/h2,7,14,28H,1,3-6,8-9H2,(H,26,29)(H,30,31)(H2,23,24,25). The van der Waals surface area contributed by atoms with Gasteiger partial charge in [0.25, 0.3) is 5.91 Å². The summed E-state index contributed by atoms with van der Waals surface area (Å²) in [6, 6.07) is 0.244. The Morgan fingerprint density at radius 3 is 2.81 bits per heavy atom. The normalized spacial score (nSPS) is 14.1. The summed E-state index contributed by atoms with van der Waals surface area (Å²) in [4.78, 5) is 30.4. The Morgan fingerprint density at radius 2 is 2.19 bits per heavy atom. The van der Waals surface area contributed by atoms with Crippen LogP contribution in [0.5, 0.6) is 0 Å². The minimum atomic E-state index is -1.40. The lowest BCUT2D eigenvalue weighted by Gasteiger charge is -2.29. The number of carbonyl (C=O) groups is 2. The Morgan fingerprint density at radius 1 is 1.45 bits per heavy atom. The molecule has 1 unspecified atom stereocenters. The lowest BCUT2D eigenvalue weighted by molar-refractivity contribution is -0.138. The van der Waals surface area contributed by atoms with Crippen molar-refractivity contribution in [1.29, 1.82) is 5.26 Å². The molecule has 1 atom stereocenters. The van der Waals surface area contributed by atoms with E-state index in [1.165, 1.54) is 0 Å². The largest absolute Gasteiger partial charge is 0.480 e. The van der Waals surface area contributed by atoms with Crippen molar-refractivity contribution in [1.82, 2.24) is 20.9 Å². The molecule has 0 radical (unpaired) electrons. The van der Waals surface area contributed by atoms with E-state index in [0.717, 1.165) is 11.1 Å². The quantitative estimate of drug-likeness (QED) is 0.162. The maximum atomic E-state index is 12.8. The Labute approximate surface area is 189 Å². The van der Waals surface area contributed by atoms with Crippen molar-refractivity contribution in [3.8, 4) is 6.19 Å². The summed E-state index contributed by atoms with van der Waals surface area (Å²) >= 11 is 12.8. The molecule has 0 spiro atoms. The molecule has 1 heterocycles. The van der Waals surface area contributed by atoms with E-state index in [0.29, 0.717) is 19.5 Å². The predicted octanol–water partition coefficient (Wildman–Crippen LogP) is 0.687. The fourth-order valence-corrected chi connectivity index (χ4v) is 3.77. The molecule has 0 fully saturated rings. The zero-order chi connectivity index (χ0) is 23.0. The lowest BCUT2D eigenvalue weighted by Crippen LogP contribution is -2.44. The molecule has 0 saturated heterocycles. The first kappa shape index (κ1) is 24.3. The average Bonchev–Trinajstić information content (AvgIpc) is 2.73. The van der Waals surface area contributed by atoms with Crippen molar-refractivity contribution in [2.24, 2.45) is 4.99 Å². The molecule has 12 heteroatoms. The van der Waals surface area contributed by atoms with Crippen LogP contribution < -0.4 is 16.0 Å². The molecule has 166 valence electrons. The van der Waals surface area contributed by atoms with Gasteiger partial charge in [-0.2, -0.15) is 5.26 Å². The number of nitrogens with one attached hydrogen (secondary N) is 3. The van der Waals surface area contributed by atoms with E-state index in [2.05, 4.69) is 27.5 Å². The number of guanidine groups is 1. The highest BCUT2D eigenvalue weighted by molar-refractivity contribution is 6.40. The zero-order valence-electron chi connectivity index (χ0n) is 16.5. The number of carboxylic acids is 1. The molecule has 1 amide bonds. The third-order valence-corrected chi connectivity index (χ3v) is 5.25. The number of halogens is 2. The van der Waals surface area contributed by atoms with Gasteiger partial charge in [-0.3, -0.25) is 10.1 Å². The Balaban J connectivity index is 2.22. The molecule has 0 bridgehead atoms. The van der Waals surface area contributed by atoms with Crippen molar-refractivity contribution in [2.45, 2.75) is 19.0 Å². The number of carboxylic acid groups (broad SMARTS) is 1. The highest BCUT2D eigenvalue weighted by Crippen LogP contribution is 2.34. The first-order chi connectivity index (χ1) is 14.8. The molecule has 5 N–H and O–H groups in total. The molecule has 10 nitrogen and oxygen atoms in total. The van der Waals surface area contributed by atoms with E-state index >= 15 is 0 Å². The molecule has 0 aliphatic carbocycles. The molecular weight excluding hydrogens is 447 g/mol. The Kier molecular flexibility index (Phi) is 8.93. The van der Waals surface area contributed by atoms with Gasteiger partial charge in [-0.05, 0) is 29.8 Å². The van der Waals surface area contributed by atoms with Crippen molar-refractivity contribution in [3.63, 3.8) is 0 Å². The summed E-state index contributed by atoms with van der Waals surface area (Å²) in [5, 5.41) is 34.5. The summed E-state index contributed by atoms with van der Waals surface area (Å²) in [6.45, 7) is 4.49. The number of rotatable bonds is 8. The topological polar surface area (TPSA) is 150 Å². The maximum Gasteiger partial charge on any atom is 0.328 e. The molecule has 1 aromatic carbocycles. The first-order valence-corrected chi connectivity index (χ1v) is 10.0. The van der Waals surface area contributed by atoms with Crippen LogP contribution in [0.25, 0.3) is 0 Å². The lowest BCUT2D eigenvalue weighted by atomic mass is 9.96. The van der Waals surface area contributed by atoms with Gasteiger partial charge in [-0.1, -0.05) is 29.8 Å². The Bertz CT molecular complexity index is 931. The smallest absolute Gasteiger partial charge is 0.328 e. The molecule has 0 saturated carbocycles. The molecular formula is C19H22Cl2N6O4. The summed E-state index contributed by atoms with van der Waals surface area (Å²) in [7, 11) is 0. The average molecular weight is 469 g/mol. The van der Waals surface area contributed by atoms with Crippen LogP contribution in [0.3, 0.4) is 0 Å². The molecule has 31 heavy (non-hydrogen) atoms. The highest BCUT2D eigenvalue weighted by Gasteiger charge is 2.27. The number of nitriles is 1. The van der Waals surface area contributed by atoms with Gasteiger partial charge in [-0.25, -0.2) is 9.79 Å². The van der Waals surface area contributed by atoms with Gasteiger partial charge in [0.15, 0.2) is 6.19 Å². The number of benzene rings is 1. The number of amides is 1. The molecule has 0 aromatic heterocycles. The second-order valence-electron chi connectivity index (χ2n) is 6.53.